The number of aromatic nitrogens is 3. The van der Waals surface area contributed by atoms with Crippen LogP contribution in [0.25, 0.3) is 11.5 Å². The average molecular weight is 275 g/mol. The van der Waals surface area contributed by atoms with Crippen molar-refractivity contribution >= 4 is 0 Å². The highest BCUT2D eigenvalue weighted by Gasteiger charge is 2.40. The summed E-state index contributed by atoms with van der Waals surface area (Å²) < 4.78 is 11.2. The lowest BCUT2D eigenvalue weighted by Crippen LogP contribution is -2.27. The minimum Gasteiger partial charge on any atom is -0.506 e. The third-order valence-corrected chi connectivity index (χ3v) is 3.64. The Balaban J connectivity index is 1.93. The second-order valence-corrected chi connectivity index (χ2v) is 4.99. The van der Waals surface area contributed by atoms with Crippen LogP contribution in [-0.2, 0) is 10.3 Å². The van der Waals surface area contributed by atoms with Crippen LogP contribution in [0.1, 0.15) is 38.4 Å². The molecule has 0 aliphatic heterocycles. The van der Waals surface area contributed by atoms with Crippen LogP contribution >= 0.6 is 0 Å². The van der Waals surface area contributed by atoms with Crippen molar-refractivity contribution in [3.63, 3.8) is 0 Å². The van der Waals surface area contributed by atoms with Crippen LogP contribution in [0.4, 0.5) is 0 Å². The van der Waals surface area contributed by atoms with Crippen molar-refractivity contribution in [2.45, 2.75) is 38.2 Å². The van der Waals surface area contributed by atoms with Crippen LogP contribution < -0.4 is 0 Å². The van der Waals surface area contributed by atoms with Gasteiger partial charge in [-0.25, -0.2) is 0 Å². The molecule has 0 saturated heterocycles. The van der Waals surface area contributed by atoms with Crippen LogP contribution in [0.3, 0.4) is 0 Å². The lowest BCUT2D eigenvalue weighted by Gasteiger charge is -2.24. The summed E-state index contributed by atoms with van der Waals surface area (Å²) in [5, 5.41) is 13.5. The van der Waals surface area contributed by atoms with Gasteiger partial charge in [0.15, 0.2) is 0 Å². The Morgan fingerprint density at radius 1 is 1.35 bits per heavy atom. The largest absolute Gasteiger partial charge is 0.506 e. The summed E-state index contributed by atoms with van der Waals surface area (Å²) in [7, 11) is 0. The molecule has 1 saturated carbocycles. The molecule has 1 aliphatic rings. The smallest absolute Gasteiger partial charge is 0.259 e. The fourth-order valence-corrected chi connectivity index (χ4v) is 2.73. The molecular weight excluding hydrogens is 258 g/mol. The van der Waals surface area contributed by atoms with Crippen LogP contribution in [-0.4, -0.2) is 26.8 Å². The number of ether oxygens (including phenoxy) is 1. The highest BCUT2D eigenvalue weighted by Crippen LogP contribution is 2.41. The van der Waals surface area contributed by atoms with Crippen molar-refractivity contribution in [1.82, 2.24) is 15.1 Å². The van der Waals surface area contributed by atoms with E-state index in [2.05, 4.69) is 15.1 Å². The quantitative estimate of drug-likeness (QED) is 0.923. The van der Waals surface area contributed by atoms with Gasteiger partial charge in [0, 0.05) is 12.8 Å². The lowest BCUT2D eigenvalue weighted by molar-refractivity contribution is -0.0469. The molecule has 0 bridgehead atoms. The number of pyridine rings is 1. The molecule has 6 heteroatoms. The normalized spacial score (nSPS) is 17.4. The molecule has 2 heterocycles. The predicted molar refractivity (Wildman–Crippen MR) is 71.0 cm³/mol. The Bertz CT molecular complexity index is 591. The molecule has 0 amide bonds. The molecule has 0 unspecified atom stereocenters. The SMILES string of the molecule is CCOC1(c2noc(-c3cncc(O)c3)n2)CCCC1. The number of hydrogen-bond acceptors (Lipinski definition) is 6. The van der Waals surface area contributed by atoms with E-state index in [1.165, 1.54) is 6.20 Å². The topological polar surface area (TPSA) is 81.3 Å². The standard InChI is InChI=1S/C14H17N3O3/c1-2-19-14(5-3-4-6-14)13-16-12(20-17-13)10-7-11(18)9-15-8-10/h7-9,18H,2-6H2,1H3. The average Bonchev–Trinajstić information content (AvgIpc) is 3.08. The third kappa shape index (κ3) is 2.27. The van der Waals surface area contributed by atoms with Gasteiger partial charge in [-0.05, 0) is 38.7 Å². The van der Waals surface area contributed by atoms with E-state index >= 15 is 0 Å². The molecule has 1 aliphatic carbocycles. The fraction of sp³-hybridized carbons (Fsp3) is 0.500. The maximum atomic E-state index is 9.45. The maximum absolute atomic E-state index is 9.45. The van der Waals surface area contributed by atoms with Gasteiger partial charge in [-0.15, -0.1) is 0 Å². The maximum Gasteiger partial charge on any atom is 0.259 e. The van der Waals surface area contributed by atoms with Gasteiger partial charge in [0.05, 0.1) is 11.8 Å². The van der Waals surface area contributed by atoms with E-state index in [4.69, 9.17) is 9.26 Å². The first kappa shape index (κ1) is 13.1. The van der Waals surface area contributed by atoms with Crippen LogP contribution in [0.15, 0.2) is 23.0 Å². The van der Waals surface area contributed by atoms with Gasteiger partial charge in [-0.1, -0.05) is 5.16 Å². The lowest BCUT2D eigenvalue weighted by atomic mass is 10.0. The van der Waals surface area contributed by atoms with E-state index in [0.29, 0.717) is 23.9 Å². The van der Waals surface area contributed by atoms with E-state index in [9.17, 15) is 5.11 Å². The second-order valence-electron chi connectivity index (χ2n) is 4.99. The van der Waals surface area contributed by atoms with E-state index < -0.39 is 5.60 Å². The van der Waals surface area contributed by atoms with Gasteiger partial charge >= 0.3 is 0 Å². The molecule has 106 valence electrons. The van der Waals surface area contributed by atoms with E-state index in [0.717, 1.165) is 25.7 Å². The van der Waals surface area contributed by atoms with Gasteiger partial charge < -0.3 is 14.4 Å². The first-order valence-corrected chi connectivity index (χ1v) is 6.86. The Morgan fingerprint density at radius 3 is 2.85 bits per heavy atom. The number of hydrogen-bond donors (Lipinski definition) is 1. The third-order valence-electron chi connectivity index (χ3n) is 3.64. The van der Waals surface area contributed by atoms with Gasteiger partial charge in [0.2, 0.25) is 5.82 Å². The van der Waals surface area contributed by atoms with Gasteiger partial charge in [-0.2, -0.15) is 4.98 Å². The Hall–Kier alpha value is -1.95. The molecular formula is C14H17N3O3. The van der Waals surface area contributed by atoms with Crippen LogP contribution in [0, 0.1) is 0 Å². The molecule has 6 nitrogen and oxygen atoms in total. The molecule has 0 radical (unpaired) electrons. The minimum absolute atomic E-state index is 0.0719. The Labute approximate surface area is 116 Å². The first-order chi connectivity index (χ1) is 9.73. The number of aromatic hydroxyl groups is 1. The van der Waals surface area contributed by atoms with Crippen molar-refractivity contribution in [3.05, 3.63) is 24.3 Å². The van der Waals surface area contributed by atoms with E-state index in [-0.39, 0.29) is 5.75 Å². The molecule has 0 spiro atoms. The molecule has 0 atom stereocenters. The van der Waals surface area contributed by atoms with Gasteiger partial charge in [0.25, 0.3) is 5.89 Å². The highest BCUT2D eigenvalue weighted by atomic mass is 16.5. The first-order valence-electron chi connectivity index (χ1n) is 6.86. The predicted octanol–water partition coefficient (Wildman–Crippen LogP) is 2.64. The van der Waals surface area contributed by atoms with E-state index in [1.54, 1.807) is 12.3 Å². The summed E-state index contributed by atoms with van der Waals surface area (Å²) in [5.41, 5.74) is 0.189. The van der Waals surface area contributed by atoms with Gasteiger partial charge in [-0.3, -0.25) is 4.98 Å². The van der Waals surface area contributed by atoms with Crippen molar-refractivity contribution in [2.24, 2.45) is 0 Å². The van der Waals surface area contributed by atoms with Crippen molar-refractivity contribution in [3.8, 4) is 17.2 Å². The molecule has 3 rings (SSSR count). The summed E-state index contributed by atoms with van der Waals surface area (Å²) in [5.74, 6) is 1.02. The molecule has 2 aromatic heterocycles. The van der Waals surface area contributed by atoms with Crippen LogP contribution in [0.5, 0.6) is 5.75 Å². The highest BCUT2D eigenvalue weighted by molar-refractivity contribution is 5.53. The monoisotopic (exact) mass is 275 g/mol. The zero-order valence-corrected chi connectivity index (χ0v) is 11.4. The van der Waals surface area contributed by atoms with E-state index in [1.807, 2.05) is 6.92 Å². The van der Waals surface area contributed by atoms with Crippen molar-refractivity contribution in [2.75, 3.05) is 6.61 Å². The van der Waals surface area contributed by atoms with Gasteiger partial charge in [0.1, 0.15) is 11.4 Å². The summed E-state index contributed by atoms with van der Waals surface area (Å²) >= 11 is 0. The number of rotatable bonds is 4. The van der Waals surface area contributed by atoms with Crippen LogP contribution in [0.2, 0.25) is 0 Å². The zero-order chi connectivity index (χ0) is 14.0. The Morgan fingerprint density at radius 2 is 2.15 bits per heavy atom. The molecule has 1 N–H and O–H groups in total. The molecule has 20 heavy (non-hydrogen) atoms. The summed E-state index contributed by atoms with van der Waals surface area (Å²) in [6.45, 7) is 2.60. The minimum atomic E-state index is -0.416. The summed E-state index contributed by atoms with van der Waals surface area (Å²) in [4.78, 5) is 8.35. The second kappa shape index (κ2) is 5.20. The molecule has 2 aromatic rings. The fourth-order valence-electron chi connectivity index (χ4n) is 2.73. The Kier molecular flexibility index (Phi) is 3.40. The number of nitrogens with zero attached hydrogens (tertiary/aromatic N) is 3. The molecule has 1 fully saturated rings. The summed E-state index contributed by atoms with van der Waals surface area (Å²) in [6, 6.07) is 1.55. The zero-order valence-electron chi connectivity index (χ0n) is 11.4. The van der Waals surface area contributed by atoms with Crippen molar-refractivity contribution < 1.29 is 14.4 Å². The van der Waals surface area contributed by atoms with Crippen molar-refractivity contribution in [1.29, 1.82) is 0 Å². The summed E-state index contributed by atoms with van der Waals surface area (Å²) in [6.07, 6.45) is 6.99. The molecule has 0 aromatic carbocycles.